The number of hydrogen-bond donors (Lipinski definition) is 1. The number of nitro benzene ring substituents is 1. The molecule has 0 aliphatic carbocycles. The molecule has 3 rings (SSSR count). The molecule has 7 nitrogen and oxygen atoms in total. The van der Waals surface area contributed by atoms with Crippen molar-refractivity contribution in [2.45, 2.75) is 20.4 Å². The molecule has 2 aromatic carbocycles. The first-order chi connectivity index (χ1) is 13.3. The van der Waals surface area contributed by atoms with E-state index in [1.54, 1.807) is 32.0 Å². The summed E-state index contributed by atoms with van der Waals surface area (Å²) in [6.07, 6.45) is 0. The minimum atomic E-state index is -0.495. The highest BCUT2D eigenvalue weighted by Gasteiger charge is 2.22. The first-order valence-electron chi connectivity index (χ1n) is 8.30. The second-order valence-electron chi connectivity index (χ2n) is 6.21. The van der Waals surface area contributed by atoms with Crippen molar-refractivity contribution >= 4 is 40.5 Å². The summed E-state index contributed by atoms with van der Waals surface area (Å²) in [7, 11) is 0. The van der Waals surface area contributed by atoms with E-state index in [1.165, 1.54) is 10.7 Å². The van der Waals surface area contributed by atoms with Crippen molar-refractivity contribution < 1.29 is 9.72 Å². The maximum atomic E-state index is 12.7. The number of carbonyl (C=O) groups excluding carboxylic acids is 1. The van der Waals surface area contributed by atoms with E-state index in [0.717, 1.165) is 5.56 Å². The quantitative estimate of drug-likeness (QED) is 0.465. The molecular formula is C19H16Cl2N4O3. The van der Waals surface area contributed by atoms with E-state index < -0.39 is 10.8 Å². The fraction of sp³-hybridized carbons (Fsp3) is 0.158. The first kappa shape index (κ1) is 19.9. The molecule has 0 radical (unpaired) electrons. The normalized spacial score (nSPS) is 10.7. The predicted molar refractivity (Wildman–Crippen MR) is 108 cm³/mol. The number of aromatic nitrogens is 2. The molecule has 144 valence electrons. The fourth-order valence-corrected chi connectivity index (χ4v) is 3.30. The van der Waals surface area contributed by atoms with Crippen LogP contribution in [0.4, 0.5) is 11.4 Å². The lowest BCUT2D eigenvalue weighted by atomic mass is 10.1. The van der Waals surface area contributed by atoms with Gasteiger partial charge in [0, 0.05) is 22.3 Å². The van der Waals surface area contributed by atoms with Crippen molar-refractivity contribution in [3.05, 3.63) is 85.1 Å². The third-order valence-corrected chi connectivity index (χ3v) is 4.99. The Labute approximate surface area is 171 Å². The summed E-state index contributed by atoms with van der Waals surface area (Å²) in [4.78, 5) is 23.3. The molecule has 0 aliphatic heterocycles. The van der Waals surface area contributed by atoms with Gasteiger partial charge in [0.1, 0.15) is 5.15 Å². The van der Waals surface area contributed by atoms with E-state index in [4.69, 9.17) is 23.2 Å². The molecule has 1 heterocycles. The number of halogens is 2. The number of amides is 1. The predicted octanol–water partition coefficient (Wildman–Crippen LogP) is 5.02. The Morgan fingerprint density at radius 2 is 1.93 bits per heavy atom. The van der Waals surface area contributed by atoms with E-state index in [-0.39, 0.29) is 16.4 Å². The molecule has 0 aliphatic rings. The van der Waals surface area contributed by atoms with Gasteiger partial charge in [-0.25, -0.2) is 4.68 Å². The summed E-state index contributed by atoms with van der Waals surface area (Å²) < 4.78 is 1.49. The number of benzene rings is 2. The Hall–Kier alpha value is -2.90. The highest BCUT2D eigenvalue weighted by atomic mass is 35.5. The van der Waals surface area contributed by atoms with Gasteiger partial charge >= 0.3 is 0 Å². The van der Waals surface area contributed by atoms with Gasteiger partial charge in [-0.15, -0.1) is 0 Å². The van der Waals surface area contributed by atoms with E-state index in [1.807, 2.05) is 18.2 Å². The number of aryl methyl sites for hydroxylation is 2. The maximum Gasteiger partial charge on any atom is 0.274 e. The summed E-state index contributed by atoms with van der Waals surface area (Å²) in [5.74, 6) is -0.494. The lowest BCUT2D eigenvalue weighted by Crippen LogP contribution is -2.13. The molecule has 0 unspecified atom stereocenters. The number of anilines is 1. The second kappa shape index (κ2) is 8.00. The summed E-state index contributed by atoms with van der Waals surface area (Å²) in [6, 6.07) is 11.8. The van der Waals surface area contributed by atoms with Gasteiger partial charge in [0.05, 0.1) is 22.7 Å². The van der Waals surface area contributed by atoms with Gasteiger partial charge in [0.15, 0.2) is 0 Å². The number of carbonyl (C=O) groups is 1. The largest absolute Gasteiger partial charge is 0.322 e. The van der Waals surface area contributed by atoms with Gasteiger partial charge in [0.25, 0.3) is 11.6 Å². The second-order valence-corrected chi connectivity index (χ2v) is 6.98. The van der Waals surface area contributed by atoms with Crippen LogP contribution >= 0.6 is 23.2 Å². The van der Waals surface area contributed by atoms with Crippen LogP contribution in [0.3, 0.4) is 0 Å². The van der Waals surface area contributed by atoms with E-state index in [9.17, 15) is 14.9 Å². The standard InChI is InChI=1S/C19H16Cl2N4O3/c1-11-7-8-14(9-16(11)25(27)28)22-19(26)17-12(2)23-24(18(17)21)10-13-5-3-4-6-15(13)20/h3-9H,10H2,1-2H3,(H,22,26). The minimum absolute atomic E-state index is 0.0740. The van der Waals surface area contributed by atoms with Gasteiger partial charge in [-0.05, 0) is 31.5 Å². The average molecular weight is 419 g/mol. The van der Waals surface area contributed by atoms with Crippen molar-refractivity contribution in [3.8, 4) is 0 Å². The lowest BCUT2D eigenvalue weighted by Gasteiger charge is -2.07. The van der Waals surface area contributed by atoms with Crippen LogP contribution < -0.4 is 5.32 Å². The van der Waals surface area contributed by atoms with Crippen molar-refractivity contribution in [2.75, 3.05) is 5.32 Å². The van der Waals surface area contributed by atoms with Crippen LogP contribution in [0.2, 0.25) is 10.2 Å². The summed E-state index contributed by atoms with van der Waals surface area (Å²) >= 11 is 12.6. The van der Waals surface area contributed by atoms with Crippen molar-refractivity contribution in [1.82, 2.24) is 9.78 Å². The zero-order valence-electron chi connectivity index (χ0n) is 15.1. The Kier molecular flexibility index (Phi) is 5.67. The third-order valence-electron chi connectivity index (χ3n) is 4.23. The molecule has 0 saturated heterocycles. The van der Waals surface area contributed by atoms with Crippen LogP contribution in [-0.2, 0) is 6.54 Å². The monoisotopic (exact) mass is 418 g/mol. The Bertz CT molecular complexity index is 1080. The zero-order valence-corrected chi connectivity index (χ0v) is 16.6. The van der Waals surface area contributed by atoms with Gasteiger partial charge < -0.3 is 5.32 Å². The number of hydrogen-bond acceptors (Lipinski definition) is 4. The van der Waals surface area contributed by atoms with E-state index in [0.29, 0.717) is 28.5 Å². The Morgan fingerprint density at radius 1 is 1.21 bits per heavy atom. The molecule has 1 amide bonds. The van der Waals surface area contributed by atoms with Gasteiger partial charge in [-0.1, -0.05) is 47.5 Å². The molecule has 1 aromatic heterocycles. The fourth-order valence-electron chi connectivity index (χ4n) is 2.78. The Morgan fingerprint density at radius 3 is 2.61 bits per heavy atom. The zero-order chi connectivity index (χ0) is 20.4. The molecule has 3 aromatic rings. The molecule has 28 heavy (non-hydrogen) atoms. The van der Waals surface area contributed by atoms with Gasteiger partial charge in [0.2, 0.25) is 0 Å². The molecule has 0 saturated carbocycles. The molecule has 0 fully saturated rings. The molecule has 9 heteroatoms. The third kappa shape index (κ3) is 4.00. The summed E-state index contributed by atoms with van der Waals surface area (Å²) in [6.45, 7) is 3.60. The van der Waals surface area contributed by atoms with Crippen LogP contribution in [0.5, 0.6) is 0 Å². The highest BCUT2D eigenvalue weighted by Crippen LogP contribution is 2.26. The molecule has 0 atom stereocenters. The summed E-state index contributed by atoms with van der Waals surface area (Å²) in [5, 5.41) is 18.8. The minimum Gasteiger partial charge on any atom is -0.322 e. The average Bonchev–Trinajstić information content (AvgIpc) is 2.92. The molecule has 1 N–H and O–H groups in total. The summed E-state index contributed by atoms with van der Waals surface area (Å²) in [5.41, 5.74) is 2.19. The van der Waals surface area contributed by atoms with Crippen LogP contribution in [0.25, 0.3) is 0 Å². The lowest BCUT2D eigenvalue weighted by molar-refractivity contribution is -0.385. The van der Waals surface area contributed by atoms with Crippen LogP contribution in [0, 0.1) is 24.0 Å². The van der Waals surface area contributed by atoms with Crippen LogP contribution in [0.1, 0.15) is 27.2 Å². The number of rotatable bonds is 5. The molecule has 0 spiro atoms. The van der Waals surface area contributed by atoms with E-state index in [2.05, 4.69) is 10.4 Å². The van der Waals surface area contributed by atoms with Gasteiger partial charge in [-0.3, -0.25) is 14.9 Å². The van der Waals surface area contributed by atoms with E-state index >= 15 is 0 Å². The van der Waals surface area contributed by atoms with Crippen LogP contribution in [0.15, 0.2) is 42.5 Å². The maximum absolute atomic E-state index is 12.7. The van der Waals surface area contributed by atoms with Crippen molar-refractivity contribution in [1.29, 1.82) is 0 Å². The highest BCUT2D eigenvalue weighted by molar-refractivity contribution is 6.34. The number of nitrogens with one attached hydrogen (secondary N) is 1. The SMILES string of the molecule is Cc1ccc(NC(=O)c2c(C)nn(Cc3ccccc3Cl)c2Cl)cc1[N+](=O)[O-]. The van der Waals surface area contributed by atoms with Crippen LogP contribution in [-0.4, -0.2) is 20.6 Å². The van der Waals surface area contributed by atoms with Gasteiger partial charge in [-0.2, -0.15) is 5.10 Å². The molecular weight excluding hydrogens is 403 g/mol. The topological polar surface area (TPSA) is 90.1 Å². The molecule has 0 bridgehead atoms. The first-order valence-corrected chi connectivity index (χ1v) is 9.06. The Balaban J connectivity index is 1.87. The smallest absolute Gasteiger partial charge is 0.274 e. The number of nitro groups is 1. The number of nitrogens with zero attached hydrogens (tertiary/aromatic N) is 3. The van der Waals surface area contributed by atoms with Crippen molar-refractivity contribution in [2.24, 2.45) is 0 Å². The van der Waals surface area contributed by atoms with Crippen molar-refractivity contribution in [3.63, 3.8) is 0 Å².